The van der Waals surface area contributed by atoms with Crippen molar-refractivity contribution in [2.75, 3.05) is 12.8 Å². The van der Waals surface area contributed by atoms with Crippen LogP contribution < -0.4 is 5.73 Å². The predicted molar refractivity (Wildman–Crippen MR) is 97.3 cm³/mol. The standard InChI is InChI=1S/C15H16N6O2S2/c1-15(9-25(22,23)20(2)14(16)19-15)12-7-10-11(24-12)8-18-21(10)13-5-3-4-6-17-13/h3-8H,9H2,1-2H3,(H2,16,19). The molecule has 0 saturated carbocycles. The number of aromatic nitrogens is 3. The van der Waals surface area contributed by atoms with Crippen molar-refractivity contribution in [2.45, 2.75) is 12.5 Å². The maximum absolute atomic E-state index is 12.4. The zero-order chi connectivity index (χ0) is 17.8. The van der Waals surface area contributed by atoms with Crippen molar-refractivity contribution in [3.63, 3.8) is 0 Å². The van der Waals surface area contributed by atoms with E-state index >= 15 is 0 Å². The van der Waals surface area contributed by atoms with Crippen molar-refractivity contribution in [2.24, 2.45) is 10.7 Å². The van der Waals surface area contributed by atoms with Gasteiger partial charge in [-0.3, -0.25) is 0 Å². The zero-order valence-electron chi connectivity index (χ0n) is 13.6. The molecule has 0 amide bonds. The number of aliphatic imine (C=N–C) groups is 1. The van der Waals surface area contributed by atoms with Gasteiger partial charge in [0.2, 0.25) is 16.0 Å². The molecular formula is C15H16N6O2S2. The van der Waals surface area contributed by atoms with Crippen molar-refractivity contribution >= 4 is 37.5 Å². The highest BCUT2D eigenvalue weighted by atomic mass is 32.2. The molecule has 1 unspecified atom stereocenters. The normalized spacial score (nSPS) is 23.0. The summed E-state index contributed by atoms with van der Waals surface area (Å²) in [6.45, 7) is 1.79. The summed E-state index contributed by atoms with van der Waals surface area (Å²) in [6.07, 6.45) is 3.45. The van der Waals surface area contributed by atoms with Crippen LogP contribution in [0.25, 0.3) is 16.0 Å². The molecule has 3 aromatic rings. The Kier molecular flexibility index (Phi) is 3.38. The Hall–Kier alpha value is -2.46. The molecule has 0 bridgehead atoms. The van der Waals surface area contributed by atoms with Crippen LogP contribution in [0.1, 0.15) is 11.8 Å². The zero-order valence-corrected chi connectivity index (χ0v) is 15.3. The second-order valence-electron chi connectivity index (χ2n) is 6.07. The number of rotatable bonds is 2. The maximum Gasteiger partial charge on any atom is 0.239 e. The molecule has 0 saturated heterocycles. The van der Waals surface area contributed by atoms with Gasteiger partial charge in [-0.15, -0.1) is 11.3 Å². The van der Waals surface area contributed by atoms with Crippen LogP contribution >= 0.6 is 11.3 Å². The molecule has 1 atom stereocenters. The third-order valence-electron chi connectivity index (χ3n) is 4.22. The second-order valence-corrected chi connectivity index (χ2v) is 9.16. The summed E-state index contributed by atoms with van der Waals surface area (Å²) >= 11 is 1.47. The minimum Gasteiger partial charge on any atom is -0.369 e. The smallest absolute Gasteiger partial charge is 0.239 e. The van der Waals surface area contributed by atoms with Crippen molar-refractivity contribution < 1.29 is 8.42 Å². The van der Waals surface area contributed by atoms with Gasteiger partial charge in [-0.25, -0.2) is 27.4 Å². The van der Waals surface area contributed by atoms with Gasteiger partial charge in [-0.05, 0) is 25.1 Å². The van der Waals surface area contributed by atoms with Crippen molar-refractivity contribution in [1.82, 2.24) is 19.1 Å². The minimum atomic E-state index is -3.50. The first-order valence-electron chi connectivity index (χ1n) is 7.52. The highest BCUT2D eigenvalue weighted by Crippen LogP contribution is 2.39. The Morgan fingerprint density at radius 1 is 1.36 bits per heavy atom. The number of thiophene rings is 1. The van der Waals surface area contributed by atoms with Crippen LogP contribution in [0.15, 0.2) is 41.7 Å². The molecular weight excluding hydrogens is 360 g/mol. The van der Waals surface area contributed by atoms with Crippen LogP contribution in [0.3, 0.4) is 0 Å². The molecule has 1 aliphatic heterocycles. The number of pyridine rings is 1. The summed E-state index contributed by atoms with van der Waals surface area (Å²) in [5.41, 5.74) is 5.77. The van der Waals surface area contributed by atoms with Gasteiger partial charge in [-0.1, -0.05) is 6.07 Å². The van der Waals surface area contributed by atoms with Crippen LogP contribution in [0, 0.1) is 0 Å². The summed E-state index contributed by atoms with van der Waals surface area (Å²) in [4.78, 5) is 9.58. The largest absolute Gasteiger partial charge is 0.369 e. The van der Waals surface area contributed by atoms with Crippen molar-refractivity contribution in [1.29, 1.82) is 0 Å². The van der Waals surface area contributed by atoms with Gasteiger partial charge in [0.05, 0.1) is 22.2 Å². The Morgan fingerprint density at radius 3 is 2.84 bits per heavy atom. The van der Waals surface area contributed by atoms with Crippen molar-refractivity contribution in [3.8, 4) is 5.82 Å². The van der Waals surface area contributed by atoms with Crippen LogP contribution in [-0.2, 0) is 15.6 Å². The van der Waals surface area contributed by atoms with Gasteiger partial charge in [0.15, 0.2) is 5.82 Å². The summed E-state index contributed by atoms with van der Waals surface area (Å²) < 4.78 is 28.4. The first-order valence-corrected chi connectivity index (χ1v) is 9.94. The van der Waals surface area contributed by atoms with E-state index in [-0.39, 0.29) is 11.7 Å². The predicted octanol–water partition coefficient (Wildman–Crippen LogP) is 1.29. The number of fused-ring (bicyclic) bond motifs is 1. The lowest BCUT2D eigenvalue weighted by Gasteiger charge is -2.33. The van der Waals surface area contributed by atoms with E-state index in [4.69, 9.17) is 5.73 Å². The fraction of sp³-hybridized carbons (Fsp3) is 0.267. The topological polar surface area (TPSA) is 106 Å². The Bertz CT molecular complexity index is 1090. The highest BCUT2D eigenvalue weighted by molar-refractivity contribution is 7.89. The number of hydrogen-bond donors (Lipinski definition) is 1. The fourth-order valence-electron chi connectivity index (χ4n) is 2.83. The van der Waals surface area contributed by atoms with Gasteiger partial charge < -0.3 is 5.73 Å². The van der Waals surface area contributed by atoms with Gasteiger partial charge in [0.25, 0.3) is 0 Å². The van der Waals surface area contributed by atoms with E-state index in [0.29, 0.717) is 5.82 Å². The Labute approximate surface area is 148 Å². The molecule has 25 heavy (non-hydrogen) atoms. The summed E-state index contributed by atoms with van der Waals surface area (Å²) in [5, 5.41) is 4.37. The molecule has 0 spiro atoms. The Morgan fingerprint density at radius 2 is 2.16 bits per heavy atom. The van der Waals surface area contributed by atoms with Crippen molar-refractivity contribution in [3.05, 3.63) is 41.5 Å². The molecule has 0 radical (unpaired) electrons. The van der Waals surface area contributed by atoms with E-state index in [9.17, 15) is 8.42 Å². The van der Waals surface area contributed by atoms with Crippen LogP contribution in [0.5, 0.6) is 0 Å². The lowest BCUT2D eigenvalue weighted by atomic mass is 10.0. The monoisotopic (exact) mass is 376 g/mol. The third-order valence-corrected chi connectivity index (χ3v) is 7.48. The molecule has 1 aliphatic rings. The van der Waals surface area contributed by atoms with Gasteiger partial charge in [0.1, 0.15) is 5.54 Å². The first-order chi connectivity index (χ1) is 11.8. The van der Waals surface area contributed by atoms with Crippen LogP contribution in [0.2, 0.25) is 0 Å². The van der Waals surface area contributed by atoms with E-state index in [0.717, 1.165) is 19.4 Å². The van der Waals surface area contributed by atoms with E-state index in [1.165, 1.54) is 18.4 Å². The van der Waals surface area contributed by atoms with E-state index in [1.807, 2.05) is 24.3 Å². The van der Waals surface area contributed by atoms with Crippen LogP contribution in [-0.4, -0.2) is 46.2 Å². The summed E-state index contributed by atoms with van der Waals surface area (Å²) in [6, 6.07) is 7.51. The number of sulfonamides is 1. The fourth-order valence-corrected chi connectivity index (χ4v) is 5.47. The molecule has 10 heteroatoms. The molecule has 4 heterocycles. The number of guanidine groups is 1. The minimum absolute atomic E-state index is 0.00226. The summed E-state index contributed by atoms with van der Waals surface area (Å²) in [7, 11) is -2.09. The maximum atomic E-state index is 12.4. The van der Waals surface area contributed by atoms with E-state index < -0.39 is 15.6 Å². The lowest BCUT2D eigenvalue weighted by molar-refractivity contribution is 0.482. The quantitative estimate of drug-likeness (QED) is 0.725. The van der Waals surface area contributed by atoms with Gasteiger partial charge >= 0.3 is 0 Å². The molecule has 0 aliphatic carbocycles. The first kappa shape index (κ1) is 16.0. The SMILES string of the molecule is CN1C(N)=NC(C)(c2cc3c(cnn3-c3ccccn3)s2)CS1(=O)=O. The van der Waals surface area contributed by atoms with Crippen LogP contribution in [0.4, 0.5) is 0 Å². The van der Waals surface area contributed by atoms with Gasteiger partial charge in [0, 0.05) is 18.1 Å². The number of nitrogens with two attached hydrogens (primary N) is 1. The molecule has 4 rings (SSSR count). The number of nitrogens with zero attached hydrogens (tertiary/aromatic N) is 5. The highest BCUT2D eigenvalue weighted by Gasteiger charge is 2.41. The summed E-state index contributed by atoms with van der Waals surface area (Å²) in [5.74, 6) is 0.570. The second kappa shape index (κ2) is 5.27. The van der Waals surface area contributed by atoms with Gasteiger partial charge in [-0.2, -0.15) is 5.10 Å². The third kappa shape index (κ3) is 2.48. The molecule has 130 valence electrons. The average Bonchev–Trinajstić information content (AvgIpc) is 3.14. The molecule has 0 fully saturated rings. The van der Waals surface area contributed by atoms with E-state index in [2.05, 4.69) is 15.1 Å². The molecule has 2 N–H and O–H groups in total. The van der Waals surface area contributed by atoms with E-state index in [1.54, 1.807) is 24.0 Å². The molecule has 3 aromatic heterocycles. The molecule has 8 nitrogen and oxygen atoms in total. The lowest BCUT2D eigenvalue weighted by Crippen LogP contribution is -2.50. The average molecular weight is 376 g/mol. The Balaban J connectivity index is 1.85. The number of hydrogen-bond acceptors (Lipinski definition) is 7. The molecule has 0 aromatic carbocycles.